The maximum atomic E-state index is 14.5. The van der Waals surface area contributed by atoms with Gasteiger partial charge >= 0.3 is 23.9 Å². The predicted octanol–water partition coefficient (Wildman–Crippen LogP) is 7.60. The van der Waals surface area contributed by atoms with Crippen LogP contribution >= 0.6 is 0 Å². The Morgan fingerprint density at radius 3 is 1.72 bits per heavy atom. The van der Waals surface area contributed by atoms with Crippen LogP contribution in [0.25, 0.3) is 6.08 Å². The molecule has 7 rings (SSSR count). The molecule has 27 unspecified atom stereocenters. The Kier molecular flexibility index (Phi) is 33.8. The summed E-state index contributed by atoms with van der Waals surface area (Å²) >= 11 is 0. The highest BCUT2D eigenvalue weighted by atomic mass is 16.8. The van der Waals surface area contributed by atoms with Gasteiger partial charge in [-0.1, -0.05) is 167 Å². The van der Waals surface area contributed by atoms with E-state index in [9.17, 15) is 54.9 Å². The van der Waals surface area contributed by atoms with Gasteiger partial charge in [0, 0.05) is 18.9 Å². The monoisotopic (exact) mass is 1380 g/mol. The first kappa shape index (κ1) is 80.5. The minimum absolute atomic E-state index is 0.0162. The Morgan fingerprint density at radius 2 is 1.04 bits per heavy atom. The van der Waals surface area contributed by atoms with E-state index in [0.717, 1.165) is 102 Å². The maximum Gasteiger partial charge on any atom is 0.331 e. The largest absolute Gasteiger partial charge is 0.456 e. The van der Waals surface area contributed by atoms with Crippen LogP contribution < -0.4 is 0 Å². The molecule has 2 bridgehead atoms. The van der Waals surface area contributed by atoms with E-state index in [-0.39, 0.29) is 25.4 Å². The van der Waals surface area contributed by atoms with E-state index in [1.54, 1.807) is 52.0 Å². The minimum Gasteiger partial charge on any atom is -0.456 e. The van der Waals surface area contributed by atoms with Crippen LogP contribution in [0, 0.1) is 5.92 Å². The summed E-state index contributed by atoms with van der Waals surface area (Å²) in [6.45, 7) is 15.2. The van der Waals surface area contributed by atoms with Gasteiger partial charge in [-0.15, -0.1) is 0 Å². The number of rotatable bonds is 27. The molecule has 6 fully saturated rings. The van der Waals surface area contributed by atoms with Crippen molar-refractivity contribution in [2.24, 2.45) is 5.92 Å². The number of hydrogen-bond donors (Lipinski definition) is 7. The van der Waals surface area contributed by atoms with Crippen molar-refractivity contribution in [2.75, 3.05) is 0 Å². The first-order chi connectivity index (χ1) is 46.5. The first-order valence-corrected chi connectivity index (χ1v) is 36.4. The quantitative estimate of drug-likeness (QED) is 0.0193. The van der Waals surface area contributed by atoms with E-state index >= 15 is 0 Å². The summed E-state index contributed by atoms with van der Waals surface area (Å²) in [7, 11) is 0. The zero-order valence-corrected chi connectivity index (χ0v) is 58.6. The lowest BCUT2D eigenvalue weighted by atomic mass is 9.95. The summed E-state index contributed by atoms with van der Waals surface area (Å²) in [5.74, 6) is -3.93. The van der Waals surface area contributed by atoms with Crippen molar-refractivity contribution in [1.82, 2.24) is 0 Å². The number of hydrogen-bond acceptors (Lipinski definition) is 25. The number of aliphatic hydroxyl groups excluding tert-OH is 7. The maximum absolute atomic E-state index is 14.5. The molecule has 97 heavy (non-hydrogen) atoms. The second kappa shape index (κ2) is 40.7. The normalized spacial score (nSPS) is 38.5. The molecule has 0 spiro atoms. The molecular weight excluding hydrogens is 1260 g/mol. The zero-order chi connectivity index (χ0) is 70.3. The van der Waals surface area contributed by atoms with Crippen molar-refractivity contribution in [3.05, 3.63) is 42.0 Å². The van der Waals surface area contributed by atoms with Gasteiger partial charge in [0.15, 0.2) is 55.9 Å². The number of benzene rings is 1. The number of carbonyl (C=O) groups is 4. The summed E-state index contributed by atoms with van der Waals surface area (Å²) in [5, 5.41) is 81.3. The Morgan fingerprint density at radius 1 is 0.495 bits per heavy atom. The number of carbonyl (C=O) groups excluding carboxylic acids is 4. The molecular formula is C72H116O25. The topological polar surface area (TPSA) is 339 Å². The van der Waals surface area contributed by atoms with Crippen molar-refractivity contribution in [2.45, 2.75) is 376 Å². The third kappa shape index (κ3) is 23.3. The number of ether oxygens (including phenoxy) is 14. The van der Waals surface area contributed by atoms with Gasteiger partial charge in [-0.25, -0.2) is 4.79 Å². The van der Waals surface area contributed by atoms with Crippen molar-refractivity contribution in [3.63, 3.8) is 0 Å². The summed E-state index contributed by atoms with van der Waals surface area (Å²) in [4.78, 5) is 56.5. The molecule has 7 N–H and O–H groups in total. The van der Waals surface area contributed by atoms with Gasteiger partial charge in [-0.2, -0.15) is 0 Å². The smallest absolute Gasteiger partial charge is 0.331 e. The number of aliphatic hydroxyl groups is 7. The first-order valence-electron chi connectivity index (χ1n) is 36.4. The molecule has 6 saturated heterocycles. The molecule has 0 aromatic heterocycles. The van der Waals surface area contributed by atoms with E-state index < -0.39 is 183 Å². The van der Waals surface area contributed by atoms with Gasteiger partial charge in [0.05, 0.1) is 42.5 Å². The van der Waals surface area contributed by atoms with E-state index in [4.69, 9.17) is 66.3 Å². The lowest BCUT2D eigenvalue weighted by molar-refractivity contribution is -0.399. The number of unbranched alkanes of at least 4 members (excludes halogenated alkanes) is 10. The van der Waals surface area contributed by atoms with Crippen molar-refractivity contribution >= 4 is 30.0 Å². The van der Waals surface area contributed by atoms with Gasteiger partial charge in [-0.05, 0) is 78.4 Å². The van der Waals surface area contributed by atoms with Crippen LogP contribution in [0.1, 0.15) is 222 Å². The SMILES string of the molecule is CCCCCCCCCCCC(=O)OC1C(O)C(C)OC(OC2C(C)OC(OC3C(C)OC4OC5C(OC(CCCCC)CCCCCCCCCC(=O)OC3C4O)OC(C)C(O)C5O)C(OC(=O)C(C)CC)C2OC2OC(C)C(O)C(O)C2O)C1OC(=O)C=Cc1ccccc1. The van der Waals surface area contributed by atoms with Crippen LogP contribution in [0.5, 0.6) is 0 Å². The molecule has 0 radical (unpaired) electrons. The molecule has 6 heterocycles. The second-order valence-corrected chi connectivity index (χ2v) is 27.5. The third-order valence-corrected chi connectivity index (χ3v) is 19.6. The number of esters is 4. The van der Waals surface area contributed by atoms with Crippen molar-refractivity contribution in [1.29, 1.82) is 0 Å². The Hall–Kier alpha value is -3.84. The Bertz CT molecular complexity index is 2490. The highest BCUT2D eigenvalue weighted by molar-refractivity contribution is 5.87. The molecule has 27 atom stereocenters. The molecule has 0 aliphatic carbocycles. The second-order valence-electron chi connectivity index (χ2n) is 27.5. The fraction of sp³-hybridized carbons (Fsp3) is 0.833. The molecule has 25 nitrogen and oxygen atoms in total. The lowest BCUT2D eigenvalue weighted by Crippen LogP contribution is -2.68. The highest BCUT2D eigenvalue weighted by Crippen LogP contribution is 2.40. The minimum atomic E-state index is -1.96. The molecule has 554 valence electrons. The van der Waals surface area contributed by atoms with Crippen molar-refractivity contribution in [3.8, 4) is 0 Å². The van der Waals surface area contributed by atoms with Crippen LogP contribution in [0.15, 0.2) is 36.4 Å². The highest BCUT2D eigenvalue weighted by Gasteiger charge is 2.59. The van der Waals surface area contributed by atoms with Crippen molar-refractivity contribution < 1.29 is 121 Å². The predicted molar refractivity (Wildman–Crippen MR) is 350 cm³/mol. The number of fused-ring (bicyclic) bond motifs is 3. The van der Waals surface area contributed by atoms with Crippen LogP contribution in [0.4, 0.5) is 0 Å². The zero-order valence-electron chi connectivity index (χ0n) is 58.6. The van der Waals surface area contributed by atoms with Gasteiger partial charge in [0.2, 0.25) is 0 Å². The summed E-state index contributed by atoms with van der Waals surface area (Å²) < 4.78 is 90.2. The van der Waals surface area contributed by atoms with Crippen LogP contribution in [0.3, 0.4) is 0 Å². The molecule has 1 aromatic rings. The average molecular weight is 1380 g/mol. The standard InChI is InChI=1S/C72H116O25/c1-10-13-15-16-17-18-21-24-31-37-49(73)90-61-54(78)44(7)86-71(65(61)92-51(75)40-39-47-33-28-26-29-34-47)95-60-46(9)88-72(66(93-67(83)41(4)12-3)64(60)97-68-57(81)55(79)52(76)42(5)84-68)94-59-45(8)87-69-58(82)62(59)91-50(74)38-32-25-22-19-20-23-30-36-48(35-27-14-11-2)89-70-63(96-69)56(80)53(77)43(6)85-70/h26,28-29,33-34,39-46,48,52-66,68-72,76-82H,10-25,27,30-32,35-38H2,1-9H3. The molecule has 0 saturated carbocycles. The fourth-order valence-corrected chi connectivity index (χ4v) is 13.3. The van der Waals surface area contributed by atoms with E-state index in [0.29, 0.717) is 31.2 Å². The summed E-state index contributed by atoms with van der Waals surface area (Å²) in [5.41, 5.74) is 0.648. The molecule has 25 heteroatoms. The molecule has 6 aliphatic rings. The molecule has 0 amide bonds. The van der Waals surface area contributed by atoms with Gasteiger partial charge in [0.1, 0.15) is 67.1 Å². The fourth-order valence-electron chi connectivity index (χ4n) is 13.3. The molecule has 6 aliphatic heterocycles. The lowest BCUT2D eigenvalue weighted by Gasteiger charge is -2.51. The van der Waals surface area contributed by atoms with Gasteiger partial charge < -0.3 is 102 Å². The Balaban J connectivity index is 1.25. The van der Waals surface area contributed by atoms with E-state index in [1.165, 1.54) is 39.7 Å². The van der Waals surface area contributed by atoms with Gasteiger partial charge in [0.25, 0.3) is 0 Å². The average Bonchev–Trinajstić information content (AvgIpc) is 0.777. The van der Waals surface area contributed by atoms with E-state index in [1.807, 2.05) is 6.07 Å². The molecule has 1 aromatic carbocycles. The third-order valence-electron chi connectivity index (χ3n) is 19.6. The van der Waals surface area contributed by atoms with Gasteiger partial charge in [-0.3, -0.25) is 14.4 Å². The van der Waals surface area contributed by atoms with Crippen LogP contribution in [-0.4, -0.2) is 219 Å². The Labute approximate surface area is 573 Å². The van der Waals surface area contributed by atoms with Crippen LogP contribution in [0.2, 0.25) is 0 Å². The summed E-state index contributed by atoms with van der Waals surface area (Å²) in [6.07, 6.45) is -17.6. The van der Waals surface area contributed by atoms with Crippen LogP contribution in [-0.2, 0) is 85.5 Å². The van der Waals surface area contributed by atoms with E-state index in [2.05, 4.69) is 13.8 Å². The summed E-state index contributed by atoms with van der Waals surface area (Å²) in [6, 6.07) is 8.89.